The van der Waals surface area contributed by atoms with Crippen molar-refractivity contribution in [1.82, 2.24) is 19.2 Å². The Labute approximate surface area is 212 Å². The second-order valence-corrected chi connectivity index (χ2v) is 9.88. The Kier molecular flexibility index (Phi) is 6.36. The molecule has 0 radical (unpaired) electrons. The predicted molar refractivity (Wildman–Crippen MR) is 143 cm³/mol. The van der Waals surface area contributed by atoms with E-state index in [4.69, 9.17) is 4.74 Å². The highest BCUT2D eigenvalue weighted by Crippen LogP contribution is 2.28. The Morgan fingerprint density at radius 3 is 2.50 bits per heavy atom. The molecule has 0 aliphatic rings. The first-order chi connectivity index (χ1) is 17.4. The fourth-order valence-corrected chi connectivity index (χ4v) is 5.07. The minimum Gasteiger partial charge on any atom is -0.495 e. The number of fused-ring (bicyclic) bond motifs is 3. The fraction of sp³-hybridized carbons (Fsp3) is 0.214. The van der Waals surface area contributed by atoms with Crippen LogP contribution in [0.2, 0.25) is 0 Å². The molecule has 5 aromatic rings. The van der Waals surface area contributed by atoms with E-state index in [9.17, 15) is 9.59 Å². The van der Waals surface area contributed by atoms with E-state index in [0.29, 0.717) is 44.8 Å². The molecule has 0 fully saturated rings. The summed E-state index contributed by atoms with van der Waals surface area (Å²) in [4.78, 5) is 26.6. The number of ether oxygens (including phenoxy) is 1. The van der Waals surface area contributed by atoms with Crippen molar-refractivity contribution in [2.45, 2.75) is 31.8 Å². The van der Waals surface area contributed by atoms with Crippen molar-refractivity contribution in [3.8, 4) is 11.4 Å². The minimum atomic E-state index is -0.215. The van der Waals surface area contributed by atoms with Crippen molar-refractivity contribution in [2.75, 3.05) is 12.9 Å². The molecule has 7 nitrogen and oxygen atoms in total. The summed E-state index contributed by atoms with van der Waals surface area (Å²) in [6, 6.07) is 20.7. The molecule has 0 saturated carbocycles. The Morgan fingerprint density at radius 2 is 1.78 bits per heavy atom. The van der Waals surface area contributed by atoms with Crippen molar-refractivity contribution in [1.29, 1.82) is 0 Å². The number of aryl methyl sites for hydroxylation is 1. The quantitative estimate of drug-likeness (QED) is 0.219. The second kappa shape index (κ2) is 9.62. The number of hydrogen-bond acceptors (Lipinski definition) is 6. The first-order valence-corrected chi connectivity index (χ1v) is 12.7. The minimum absolute atomic E-state index is 0.00466. The molecule has 3 aromatic carbocycles. The number of Topliss-reactive ketones (excluding diaryl/α,β-unsaturated/α-hetero) is 1. The Bertz CT molecular complexity index is 1650. The molecule has 0 bridgehead atoms. The molecule has 8 heteroatoms. The van der Waals surface area contributed by atoms with E-state index in [-0.39, 0.29) is 17.1 Å². The van der Waals surface area contributed by atoms with Crippen molar-refractivity contribution < 1.29 is 9.53 Å². The monoisotopic (exact) mass is 498 g/mol. The second-order valence-electron chi connectivity index (χ2n) is 8.94. The molecule has 2 heterocycles. The third-order valence-corrected chi connectivity index (χ3v) is 7.13. The summed E-state index contributed by atoms with van der Waals surface area (Å²) in [5.74, 6) is 1.52. The maximum atomic E-state index is 13.6. The zero-order valence-electron chi connectivity index (χ0n) is 20.6. The normalized spacial score (nSPS) is 11.5. The predicted octanol–water partition coefficient (Wildman–Crippen LogP) is 5.45. The molecular weight excluding hydrogens is 472 g/mol. The van der Waals surface area contributed by atoms with Crippen molar-refractivity contribution >= 4 is 34.2 Å². The van der Waals surface area contributed by atoms with Gasteiger partial charge in [0.2, 0.25) is 5.78 Å². The van der Waals surface area contributed by atoms with Crippen LogP contribution in [0.25, 0.3) is 22.4 Å². The highest BCUT2D eigenvalue weighted by atomic mass is 32.2. The maximum Gasteiger partial charge on any atom is 0.267 e. The molecule has 0 spiro atoms. The summed E-state index contributed by atoms with van der Waals surface area (Å²) in [6.07, 6.45) is 0. The van der Waals surface area contributed by atoms with Crippen LogP contribution in [0.4, 0.5) is 0 Å². The lowest BCUT2D eigenvalue weighted by molar-refractivity contribution is 0.102. The first kappa shape index (κ1) is 23.8. The molecule has 2 aromatic heterocycles. The number of aromatic nitrogens is 4. The van der Waals surface area contributed by atoms with E-state index in [1.54, 1.807) is 13.2 Å². The van der Waals surface area contributed by atoms with Crippen LogP contribution in [0.3, 0.4) is 0 Å². The topological polar surface area (TPSA) is 78.5 Å². The lowest BCUT2D eigenvalue weighted by Gasteiger charge is -2.14. The summed E-state index contributed by atoms with van der Waals surface area (Å²) in [6.45, 7) is 6.20. The molecule has 0 aliphatic carbocycles. The summed E-state index contributed by atoms with van der Waals surface area (Å²) < 4.78 is 8.92. The molecular formula is C28H26N4O3S. The number of methoxy groups -OCH3 is 1. The number of carbonyl (C=O) groups excluding carboxylic acids is 1. The fourth-order valence-electron chi connectivity index (χ4n) is 4.23. The largest absolute Gasteiger partial charge is 0.495 e. The third-order valence-electron chi connectivity index (χ3n) is 6.20. The number of carbonyl (C=O) groups is 1. The van der Waals surface area contributed by atoms with Crippen molar-refractivity contribution in [3.05, 3.63) is 93.8 Å². The molecule has 0 unspecified atom stereocenters. The van der Waals surface area contributed by atoms with E-state index in [1.807, 2.05) is 72.0 Å². The molecule has 182 valence electrons. The van der Waals surface area contributed by atoms with Gasteiger partial charge in [-0.05, 0) is 48.2 Å². The van der Waals surface area contributed by atoms with Gasteiger partial charge in [-0.2, -0.15) is 0 Å². The van der Waals surface area contributed by atoms with Crippen LogP contribution >= 0.6 is 11.8 Å². The zero-order chi connectivity index (χ0) is 25.4. The zero-order valence-corrected chi connectivity index (χ0v) is 21.4. The Morgan fingerprint density at radius 1 is 1.03 bits per heavy atom. The van der Waals surface area contributed by atoms with Crippen molar-refractivity contribution in [3.63, 3.8) is 0 Å². The summed E-state index contributed by atoms with van der Waals surface area (Å²) in [5.41, 5.74) is 3.88. The van der Waals surface area contributed by atoms with Crippen molar-refractivity contribution in [2.24, 2.45) is 0 Å². The number of rotatable bonds is 7. The average molecular weight is 499 g/mol. The van der Waals surface area contributed by atoms with Gasteiger partial charge in [0.1, 0.15) is 5.75 Å². The van der Waals surface area contributed by atoms with Gasteiger partial charge >= 0.3 is 0 Å². The summed E-state index contributed by atoms with van der Waals surface area (Å²) in [5, 5.41) is 9.81. The number of ketones is 1. The highest BCUT2D eigenvalue weighted by molar-refractivity contribution is 7.99. The van der Waals surface area contributed by atoms with Gasteiger partial charge in [0.05, 0.1) is 29.5 Å². The molecule has 0 aliphatic heterocycles. The molecule has 0 atom stereocenters. The van der Waals surface area contributed by atoms with Gasteiger partial charge in [-0.25, -0.2) is 4.57 Å². The van der Waals surface area contributed by atoms with Gasteiger partial charge in [0, 0.05) is 5.56 Å². The van der Waals surface area contributed by atoms with Gasteiger partial charge in [0.25, 0.3) is 5.56 Å². The number of para-hydroxylation sites is 1. The van der Waals surface area contributed by atoms with Crippen LogP contribution in [0, 0.1) is 6.92 Å². The summed E-state index contributed by atoms with van der Waals surface area (Å²) >= 11 is 1.30. The number of thioether (sulfide) groups is 1. The van der Waals surface area contributed by atoms with E-state index in [1.165, 1.54) is 21.9 Å². The summed E-state index contributed by atoms with van der Waals surface area (Å²) in [7, 11) is 1.57. The van der Waals surface area contributed by atoms with Crippen LogP contribution in [-0.4, -0.2) is 37.8 Å². The first-order valence-electron chi connectivity index (χ1n) is 11.7. The Hall–Kier alpha value is -3.91. The SMILES string of the molecule is COc1ccc(C)cc1-n1c(=O)c2ccccc2n2c(SCC(=O)c3ccc(C(C)C)cc3)nnc12. The van der Waals surface area contributed by atoms with Crippen LogP contribution < -0.4 is 10.3 Å². The maximum absolute atomic E-state index is 13.6. The third kappa shape index (κ3) is 4.18. The molecule has 0 amide bonds. The van der Waals surface area contributed by atoms with Gasteiger partial charge in [-0.3, -0.25) is 14.0 Å². The van der Waals surface area contributed by atoms with Crippen LogP contribution in [-0.2, 0) is 0 Å². The van der Waals surface area contributed by atoms with Crippen LogP contribution in [0.15, 0.2) is 76.7 Å². The van der Waals surface area contributed by atoms with Gasteiger partial charge in [-0.1, -0.05) is 68.1 Å². The number of nitrogens with zero attached hydrogens (tertiary/aromatic N) is 4. The van der Waals surface area contributed by atoms with E-state index < -0.39 is 0 Å². The van der Waals surface area contributed by atoms with Gasteiger partial charge < -0.3 is 4.74 Å². The lowest BCUT2D eigenvalue weighted by Crippen LogP contribution is -2.22. The van der Waals surface area contributed by atoms with E-state index in [0.717, 1.165) is 5.56 Å². The number of hydrogen-bond donors (Lipinski definition) is 0. The van der Waals surface area contributed by atoms with Crippen LogP contribution in [0.1, 0.15) is 41.3 Å². The van der Waals surface area contributed by atoms with Gasteiger partial charge in [-0.15, -0.1) is 10.2 Å². The van der Waals surface area contributed by atoms with E-state index in [2.05, 4.69) is 24.0 Å². The van der Waals surface area contributed by atoms with Gasteiger partial charge in [0.15, 0.2) is 10.9 Å². The molecule has 0 saturated heterocycles. The smallest absolute Gasteiger partial charge is 0.267 e. The molecule has 0 N–H and O–H groups in total. The number of benzene rings is 3. The van der Waals surface area contributed by atoms with Crippen LogP contribution in [0.5, 0.6) is 5.75 Å². The Balaban J connectivity index is 1.60. The molecule has 5 rings (SSSR count). The lowest BCUT2D eigenvalue weighted by atomic mass is 10.0. The highest BCUT2D eigenvalue weighted by Gasteiger charge is 2.21. The molecule has 36 heavy (non-hydrogen) atoms. The average Bonchev–Trinajstić information content (AvgIpc) is 3.31. The standard InChI is InChI=1S/C28H26N4O3S/c1-17(2)19-10-12-20(13-11-19)24(33)16-36-28-30-29-27-31(23-15-18(3)9-14-25(23)35-4)26(34)21-7-5-6-8-22(21)32(27)28/h5-15,17H,16H2,1-4H3. The van der Waals surface area contributed by atoms with E-state index >= 15 is 0 Å².